The summed E-state index contributed by atoms with van der Waals surface area (Å²) in [6, 6.07) is 12.5. The normalized spacial score (nSPS) is 21.1. The third-order valence-corrected chi connectivity index (χ3v) is 7.12. The third-order valence-electron chi connectivity index (χ3n) is 7.12. The zero-order valence-corrected chi connectivity index (χ0v) is 21.7. The predicted molar refractivity (Wildman–Crippen MR) is 137 cm³/mol. The molecule has 2 heterocycles. The van der Waals surface area contributed by atoms with Crippen LogP contribution in [0.15, 0.2) is 59.8 Å². The molecule has 1 fully saturated rings. The largest absolute Gasteiger partial charge is 0.416 e. The topological polar surface area (TPSA) is 96.8 Å². The number of halogens is 3. The Hall–Kier alpha value is -4.01. The number of Topliss-reactive ketones (excluding diaryl/α,β-unsaturated/α-hetero) is 1. The van der Waals surface area contributed by atoms with E-state index in [-0.39, 0.29) is 17.0 Å². The number of ketones is 1. The van der Waals surface area contributed by atoms with Gasteiger partial charge >= 0.3 is 6.18 Å². The fourth-order valence-electron chi connectivity index (χ4n) is 5.11. The van der Waals surface area contributed by atoms with Crippen LogP contribution in [-0.2, 0) is 20.6 Å². The number of allylic oxidation sites excluding steroid dienone is 2. The Morgan fingerprint density at radius 1 is 1.05 bits per heavy atom. The van der Waals surface area contributed by atoms with E-state index in [1.54, 1.807) is 17.1 Å². The second kappa shape index (κ2) is 11.0. The average molecular weight is 540 g/mol. The summed E-state index contributed by atoms with van der Waals surface area (Å²) in [7, 11) is 1.95. The number of hydrogen-bond donors (Lipinski definition) is 1. The van der Waals surface area contributed by atoms with Gasteiger partial charge in [0.05, 0.1) is 17.2 Å². The van der Waals surface area contributed by atoms with Gasteiger partial charge in [0.1, 0.15) is 5.92 Å². The molecule has 2 aromatic carbocycles. The number of nitrogens with zero attached hydrogens (tertiary/aromatic N) is 4. The van der Waals surface area contributed by atoms with Gasteiger partial charge in [0.2, 0.25) is 11.8 Å². The predicted octanol–water partition coefficient (Wildman–Crippen LogP) is 3.47. The summed E-state index contributed by atoms with van der Waals surface area (Å²) in [5.74, 6) is -4.30. The van der Waals surface area contributed by atoms with E-state index in [1.165, 1.54) is 38.1 Å². The molecule has 2 amide bonds. The van der Waals surface area contributed by atoms with E-state index < -0.39 is 41.2 Å². The van der Waals surface area contributed by atoms with Crippen molar-refractivity contribution in [2.45, 2.75) is 25.9 Å². The SMILES string of the molecule is CC(=O)C1=C(C)N(c2cccc(C(F)(F)F)c2)C(=O)C(C(=O)NN2CCN(C)CC2)C1c1ccc(C#N)cc1. The molecule has 2 atom stereocenters. The van der Waals surface area contributed by atoms with Crippen LogP contribution < -0.4 is 10.3 Å². The van der Waals surface area contributed by atoms with Crippen LogP contribution in [0.3, 0.4) is 0 Å². The number of hydrazine groups is 1. The van der Waals surface area contributed by atoms with Crippen molar-refractivity contribution in [3.05, 3.63) is 76.5 Å². The first kappa shape index (κ1) is 28.0. The highest BCUT2D eigenvalue weighted by molar-refractivity contribution is 6.15. The Kier molecular flexibility index (Phi) is 7.90. The first-order valence-corrected chi connectivity index (χ1v) is 12.4. The number of rotatable bonds is 5. The molecular weight excluding hydrogens is 511 g/mol. The monoisotopic (exact) mass is 539 g/mol. The van der Waals surface area contributed by atoms with Crippen molar-refractivity contribution in [1.29, 1.82) is 5.26 Å². The summed E-state index contributed by atoms with van der Waals surface area (Å²) in [6.07, 6.45) is -4.65. The number of benzene rings is 2. The summed E-state index contributed by atoms with van der Waals surface area (Å²) in [5.41, 5.74) is 2.84. The highest BCUT2D eigenvalue weighted by Crippen LogP contribution is 2.43. The lowest BCUT2D eigenvalue weighted by Crippen LogP contribution is -2.57. The van der Waals surface area contributed by atoms with Gasteiger partial charge in [0.25, 0.3) is 0 Å². The fraction of sp³-hybridized carbons (Fsp3) is 0.357. The zero-order chi connectivity index (χ0) is 28.5. The Bertz CT molecular complexity index is 1360. The molecule has 8 nitrogen and oxygen atoms in total. The van der Waals surface area contributed by atoms with Gasteiger partial charge in [-0.1, -0.05) is 18.2 Å². The number of piperazine rings is 1. The number of amides is 2. The highest BCUT2D eigenvalue weighted by Gasteiger charge is 2.48. The van der Waals surface area contributed by atoms with E-state index in [4.69, 9.17) is 0 Å². The van der Waals surface area contributed by atoms with E-state index in [0.29, 0.717) is 37.3 Å². The van der Waals surface area contributed by atoms with Gasteiger partial charge in [0.15, 0.2) is 5.78 Å². The van der Waals surface area contributed by atoms with Crippen LogP contribution in [0.1, 0.15) is 36.5 Å². The molecule has 0 spiro atoms. The van der Waals surface area contributed by atoms with E-state index in [0.717, 1.165) is 17.0 Å². The van der Waals surface area contributed by atoms with E-state index in [2.05, 4.69) is 10.3 Å². The minimum Gasteiger partial charge on any atom is -0.304 e. The summed E-state index contributed by atoms with van der Waals surface area (Å²) in [5, 5.41) is 10.9. The second-order valence-electron chi connectivity index (χ2n) is 9.73. The molecule has 204 valence electrons. The summed E-state index contributed by atoms with van der Waals surface area (Å²) >= 11 is 0. The van der Waals surface area contributed by atoms with Crippen LogP contribution in [0.5, 0.6) is 0 Å². The molecule has 0 bridgehead atoms. The van der Waals surface area contributed by atoms with Gasteiger partial charge in [0, 0.05) is 49.1 Å². The maximum Gasteiger partial charge on any atom is 0.416 e. The van der Waals surface area contributed by atoms with Crippen molar-refractivity contribution in [1.82, 2.24) is 15.3 Å². The maximum absolute atomic E-state index is 14.1. The first-order chi connectivity index (χ1) is 18.4. The summed E-state index contributed by atoms with van der Waals surface area (Å²) in [6.45, 7) is 5.18. The first-order valence-electron chi connectivity index (χ1n) is 12.4. The smallest absolute Gasteiger partial charge is 0.304 e. The number of hydrogen-bond acceptors (Lipinski definition) is 6. The Labute approximate surface area is 224 Å². The fourth-order valence-corrected chi connectivity index (χ4v) is 5.11. The molecule has 2 aliphatic rings. The van der Waals surface area contributed by atoms with Crippen molar-refractivity contribution >= 4 is 23.3 Å². The van der Waals surface area contributed by atoms with Gasteiger partial charge in [-0.3, -0.25) is 24.7 Å². The molecule has 0 saturated carbocycles. The van der Waals surface area contributed by atoms with Gasteiger partial charge < -0.3 is 4.90 Å². The third kappa shape index (κ3) is 5.72. The van der Waals surface area contributed by atoms with Gasteiger partial charge in [-0.2, -0.15) is 18.4 Å². The highest BCUT2D eigenvalue weighted by atomic mass is 19.4. The van der Waals surface area contributed by atoms with Crippen LogP contribution in [0.25, 0.3) is 0 Å². The number of likely N-dealkylation sites (N-methyl/N-ethyl adjacent to an activating group) is 1. The average Bonchev–Trinajstić information content (AvgIpc) is 2.89. The quantitative estimate of drug-likeness (QED) is 0.585. The minimum atomic E-state index is -4.65. The zero-order valence-electron chi connectivity index (χ0n) is 21.7. The summed E-state index contributed by atoms with van der Waals surface area (Å²) < 4.78 is 40.5. The molecule has 2 aromatic rings. The number of nitriles is 1. The molecule has 0 aliphatic carbocycles. The second-order valence-corrected chi connectivity index (χ2v) is 9.73. The van der Waals surface area contributed by atoms with E-state index >= 15 is 0 Å². The molecule has 39 heavy (non-hydrogen) atoms. The lowest BCUT2D eigenvalue weighted by Gasteiger charge is -2.40. The molecule has 0 aromatic heterocycles. The van der Waals surface area contributed by atoms with Gasteiger partial charge in [-0.25, -0.2) is 5.01 Å². The molecule has 1 saturated heterocycles. The van der Waals surface area contributed by atoms with Gasteiger partial charge in [-0.05, 0) is 56.8 Å². The number of alkyl halides is 3. The molecule has 0 radical (unpaired) electrons. The standard InChI is InChI=1S/C28H28F3N5O3/c1-17-23(18(2)37)24(20-9-7-19(16-32)8-10-20)25(26(38)33-35-13-11-34(3)12-14-35)27(39)36(17)22-6-4-5-21(15-22)28(29,30)31/h4-10,15,24-25H,11-14H2,1-3H3,(H,33,38). The van der Waals surface area contributed by atoms with Crippen LogP contribution in [0.4, 0.5) is 18.9 Å². The van der Waals surface area contributed by atoms with Crippen molar-refractivity contribution in [2.24, 2.45) is 5.92 Å². The Balaban J connectivity index is 1.85. The molecule has 2 aliphatic heterocycles. The molecular formula is C28H28F3N5O3. The van der Waals surface area contributed by atoms with Crippen LogP contribution in [0, 0.1) is 17.2 Å². The summed E-state index contributed by atoms with van der Waals surface area (Å²) in [4.78, 5) is 44.0. The van der Waals surface area contributed by atoms with Gasteiger partial charge in [-0.15, -0.1) is 0 Å². The van der Waals surface area contributed by atoms with Crippen LogP contribution >= 0.6 is 0 Å². The van der Waals surface area contributed by atoms with Crippen molar-refractivity contribution in [3.8, 4) is 6.07 Å². The molecule has 4 rings (SSSR count). The lowest BCUT2D eigenvalue weighted by molar-refractivity contribution is -0.139. The van der Waals surface area contributed by atoms with Crippen molar-refractivity contribution in [2.75, 3.05) is 38.1 Å². The van der Waals surface area contributed by atoms with Crippen molar-refractivity contribution < 1.29 is 27.6 Å². The number of carbonyl (C=O) groups excluding carboxylic acids is 3. The maximum atomic E-state index is 14.1. The molecule has 2 unspecified atom stereocenters. The molecule has 11 heteroatoms. The Morgan fingerprint density at radius 3 is 2.26 bits per heavy atom. The van der Waals surface area contributed by atoms with Crippen molar-refractivity contribution in [3.63, 3.8) is 0 Å². The van der Waals surface area contributed by atoms with E-state index in [1.807, 2.05) is 13.1 Å². The van der Waals surface area contributed by atoms with Crippen LogP contribution in [-0.4, -0.2) is 60.7 Å². The van der Waals surface area contributed by atoms with E-state index in [9.17, 15) is 32.8 Å². The minimum absolute atomic E-state index is 0.0956. The molecule has 1 N–H and O–H groups in total. The lowest BCUT2D eigenvalue weighted by atomic mass is 9.74. The number of carbonyl (C=O) groups is 3. The van der Waals surface area contributed by atoms with Crippen LogP contribution in [0.2, 0.25) is 0 Å². The number of anilines is 1. The Morgan fingerprint density at radius 2 is 1.69 bits per heavy atom. The number of nitrogens with one attached hydrogen (secondary N) is 1.